The third-order valence-electron chi connectivity index (χ3n) is 2.00. The Morgan fingerprint density at radius 1 is 1.44 bits per heavy atom. The number of aromatic nitrogens is 2. The quantitative estimate of drug-likeness (QED) is 0.761. The molecule has 1 amide bonds. The van der Waals surface area contributed by atoms with E-state index in [2.05, 4.69) is 20.2 Å². The summed E-state index contributed by atoms with van der Waals surface area (Å²) in [6, 6.07) is -0.159. The van der Waals surface area contributed by atoms with E-state index in [0.29, 0.717) is 0 Å². The number of hydrogen-bond donors (Lipinski definition) is 2. The van der Waals surface area contributed by atoms with Gasteiger partial charge in [0.25, 0.3) is 10.0 Å². The number of nitrogens with one attached hydrogen (secondary N) is 2. The van der Waals surface area contributed by atoms with Crippen molar-refractivity contribution in [1.29, 1.82) is 0 Å². The highest BCUT2D eigenvalue weighted by Gasteiger charge is 2.22. The van der Waals surface area contributed by atoms with E-state index in [1.54, 1.807) is 6.92 Å². The van der Waals surface area contributed by atoms with Crippen molar-refractivity contribution in [3.8, 4) is 0 Å². The lowest BCUT2D eigenvalue weighted by Gasteiger charge is -2.10. The Hall–Kier alpha value is -1.06. The predicted molar refractivity (Wildman–Crippen MR) is 68.9 cm³/mol. The number of nitrogens with zero attached hydrogens (tertiary/aromatic N) is 2. The molecular formula is C9H16N4O3S2. The largest absolute Gasteiger partial charge is 0.301 e. The molecule has 0 aliphatic rings. The topological polar surface area (TPSA) is 101 Å². The second-order valence-corrected chi connectivity index (χ2v) is 6.73. The molecule has 0 aliphatic heterocycles. The SMILES string of the molecule is CCCC(C)NS(=O)(=O)c1nnc(NC(C)=O)s1. The van der Waals surface area contributed by atoms with Gasteiger partial charge in [-0.3, -0.25) is 4.79 Å². The third kappa shape index (κ3) is 4.31. The van der Waals surface area contributed by atoms with Crippen LogP contribution in [0.4, 0.5) is 5.13 Å². The van der Waals surface area contributed by atoms with E-state index in [1.807, 2.05) is 6.92 Å². The van der Waals surface area contributed by atoms with Crippen molar-refractivity contribution in [2.75, 3.05) is 5.32 Å². The molecule has 0 bridgehead atoms. The van der Waals surface area contributed by atoms with E-state index in [9.17, 15) is 13.2 Å². The minimum atomic E-state index is -3.65. The lowest BCUT2D eigenvalue weighted by atomic mass is 10.2. The van der Waals surface area contributed by atoms with Crippen LogP contribution < -0.4 is 10.0 Å². The van der Waals surface area contributed by atoms with Crippen molar-refractivity contribution >= 4 is 32.4 Å². The molecule has 0 saturated carbocycles. The second-order valence-electron chi connectivity index (χ2n) is 3.87. The Morgan fingerprint density at radius 2 is 2.11 bits per heavy atom. The van der Waals surface area contributed by atoms with E-state index < -0.39 is 10.0 Å². The van der Waals surface area contributed by atoms with Crippen molar-refractivity contribution in [3.05, 3.63) is 0 Å². The van der Waals surface area contributed by atoms with Gasteiger partial charge in [0.1, 0.15) is 0 Å². The van der Waals surface area contributed by atoms with Gasteiger partial charge >= 0.3 is 0 Å². The van der Waals surface area contributed by atoms with Gasteiger partial charge < -0.3 is 5.32 Å². The van der Waals surface area contributed by atoms with Gasteiger partial charge in [-0.2, -0.15) is 0 Å². The van der Waals surface area contributed by atoms with E-state index in [0.717, 1.165) is 24.2 Å². The highest BCUT2D eigenvalue weighted by molar-refractivity contribution is 7.91. The van der Waals surface area contributed by atoms with Crippen molar-refractivity contribution in [2.45, 2.75) is 44.0 Å². The lowest BCUT2D eigenvalue weighted by Crippen LogP contribution is -2.32. The second kappa shape index (κ2) is 6.21. The first-order valence-electron chi connectivity index (χ1n) is 5.48. The smallest absolute Gasteiger partial charge is 0.270 e. The van der Waals surface area contributed by atoms with E-state index in [-0.39, 0.29) is 21.4 Å². The highest BCUT2D eigenvalue weighted by Crippen LogP contribution is 2.20. The van der Waals surface area contributed by atoms with Crippen LogP contribution in [0.3, 0.4) is 0 Å². The summed E-state index contributed by atoms with van der Waals surface area (Å²) in [5, 5.41) is 9.71. The summed E-state index contributed by atoms with van der Waals surface area (Å²) >= 11 is 0.824. The fourth-order valence-electron chi connectivity index (χ4n) is 1.33. The molecule has 18 heavy (non-hydrogen) atoms. The van der Waals surface area contributed by atoms with Crippen LogP contribution in [0.15, 0.2) is 4.34 Å². The van der Waals surface area contributed by atoms with E-state index >= 15 is 0 Å². The van der Waals surface area contributed by atoms with Crippen molar-refractivity contribution in [2.24, 2.45) is 0 Å². The third-order valence-corrected chi connectivity index (χ3v) is 4.79. The number of carbonyl (C=O) groups is 1. The number of sulfonamides is 1. The maximum atomic E-state index is 11.9. The number of hydrogen-bond acceptors (Lipinski definition) is 6. The monoisotopic (exact) mass is 292 g/mol. The first-order chi connectivity index (χ1) is 8.35. The molecule has 1 atom stereocenters. The molecule has 0 aliphatic carbocycles. The van der Waals surface area contributed by atoms with Crippen LogP contribution in [0.5, 0.6) is 0 Å². The molecule has 0 fully saturated rings. The van der Waals surface area contributed by atoms with Gasteiger partial charge in [0.15, 0.2) is 0 Å². The van der Waals surface area contributed by atoms with Crippen molar-refractivity contribution < 1.29 is 13.2 Å². The Bertz CT molecular complexity index is 512. The average Bonchev–Trinajstić information content (AvgIpc) is 2.65. The van der Waals surface area contributed by atoms with Crippen LogP contribution in [0.25, 0.3) is 0 Å². The molecule has 0 radical (unpaired) electrons. The molecule has 2 N–H and O–H groups in total. The molecule has 0 spiro atoms. The summed E-state index contributed by atoms with van der Waals surface area (Å²) in [5.74, 6) is -0.317. The fraction of sp³-hybridized carbons (Fsp3) is 0.667. The van der Waals surface area contributed by atoms with Crippen LogP contribution in [0.1, 0.15) is 33.6 Å². The standard InChI is InChI=1S/C9H16N4O3S2/c1-4-5-6(2)13-18(15,16)9-12-11-8(17-9)10-7(3)14/h6,13H,4-5H2,1-3H3,(H,10,11,14). The first-order valence-corrected chi connectivity index (χ1v) is 7.78. The zero-order valence-electron chi connectivity index (χ0n) is 10.4. The van der Waals surface area contributed by atoms with Gasteiger partial charge in [0, 0.05) is 13.0 Å². The summed E-state index contributed by atoms with van der Waals surface area (Å²) in [5.41, 5.74) is 0. The normalized spacial score (nSPS) is 13.3. The number of anilines is 1. The Balaban J connectivity index is 2.79. The van der Waals surface area contributed by atoms with Crippen LogP contribution in [-0.4, -0.2) is 30.6 Å². The lowest BCUT2D eigenvalue weighted by molar-refractivity contribution is -0.114. The molecular weight excluding hydrogens is 276 g/mol. The molecule has 1 unspecified atom stereocenters. The molecule has 0 aromatic carbocycles. The highest BCUT2D eigenvalue weighted by atomic mass is 32.2. The van der Waals surface area contributed by atoms with Crippen LogP contribution in [0, 0.1) is 0 Å². The summed E-state index contributed by atoms with van der Waals surface area (Å²) < 4.78 is 26.2. The maximum absolute atomic E-state index is 11.9. The molecule has 9 heteroatoms. The zero-order chi connectivity index (χ0) is 13.8. The molecule has 0 saturated heterocycles. The van der Waals surface area contributed by atoms with Gasteiger partial charge in [-0.15, -0.1) is 10.2 Å². The van der Waals surface area contributed by atoms with Crippen LogP contribution in [0.2, 0.25) is 0 Å². The van der Waals surface area contributed by atoms with Gasteiger partial charge in [0.2, 0.25) is 15.4 Å². The first kappa shape index (κ1) is 15.0. The van der Waals surface area contributed by atoms with E-state index in [4.69, 9.17) is 0 Å². The van der Waals surface area contributed by atoms with E-state index in [1.165, 1.54) is 6.92 Å². The summed E-state index contributed by atoms with van der Waals surface area (Å²) in [6.45, 7) is 5.08. The molecule has 1 aromatic rings. The molecule has 7 nitrogen and oxygen atoms in total. The van der Waals surface area contributed by atoms with Gasteiger partial charge in [-0.05, 0) is 13.3 Å². The minimum absolute atomic E-state index is 0.144. The van der Waals surface area contributed by atoms with Gasteiger partial charge in [-0.25, -0.2) is 13.1 Å². The average molecular weight is 292 g/mol. The Kier molecular flexibility index (Phi) is 5.17. The van der Waals surface area contributed by atoms with Crippen LogP contribution in [-0.2, 0) is 14.8 Å². The summed E-state index contributed by atoms with van der Waals surface area (Å²) in [4.78, 5) is 10.8. The predicted octanol–water partition coefficient (Wildman–Crippen LogP) is 0.963. The summed E-state index contributed by atoms with van der Waals surface area (Å²) in [7, 11) is -3.65. The van der Waals surface area contributed by atoms with Crippen LogP contribution >= 0.6 is 11.3 Å². The molecule has 102 valence electrons. The van der Waals surface area contributed by atoms with Crippen molar-refractivity contribution in [1.82, 2.24) is 14.9 Å². The molecule has 1 aromatic heterocycles. The summed E-state index contributed by atoms with van der Waals surface area (Å²) in [6.07, 6.45) is 1.63. The Labute approximate surface area is 110 Å². The van der Waals surface area contributed by atoms with Gasteiger partial charge in [-0.1, -0.05) is 24.7 Å². The molecule has 1 heterocycles. The number of carbonyl (C=O) groups excluding carboxylic acids is 1. The Morgan fingerprint density at radius 3 is 2.67 bits per heavy atom. The van der Waals surface area contributed by atoms with Crippen molar-refractivity contribution in [3.63, 3.8) is 0 Å². The number of rotatable bonds is 6. The maximum Gasteiger partial charge on any atom is 0.270 e. The van der Waals surface area contributed by atoms with Gasteiger partial charge in [0.05, 0.1) is 0 Å². The minimum Gasteiger partial charge on any atom is -0.301 e. The fourth-order valence-corrected chi connectivity index (χ4v) is 3.57. The molecule has 1 rings (SSSR count). The zero-order valence-corrected chi connectivity index (χ0v) is 12.1. The number of amides is 1.